The first-order chi connectivity index (χ1) is 13.5. The Balaban J connectivity index is 1.47. The van der Waals surface area contributed by atoms with Gasteiger partial charge in [-0.15, -0.1) is 0 Å². The minimum Gasteiger partial charge on any atom is -0.369 e. The van der Waals surface area contributed by atoms with Crippen molar-refractivity contribution in [3.05, 3.63) is 84.4 Å². The molecule has 1 aliphatic heterocycles. The van der Waals surface area contributed by atoms with Crippen molar-refractivity contribution in [1.82, 2.24) is 4.31 Å². The van der Waals surface area contributed by atoms with E-state index in [1.807, 2.05) is 48.5 Å². The average Bonchev–Trinajstić information content (AvgIpc) is 2.74. The summed E-state index contributed by atoms with van der Waals surface area (Å²) in [6.07, 6.45) is 0. The highest BCUT2D eigenvalue weighted by Crippen LogP contribution is 2.25. The maximum absolute atomic E-state index is 13.0. The van der Waals surface area contributed by atoms with Crippen LogP contribution in [0.3, 0.4) is 0 Å². The molecule has 0 radical (unpaired) electrons. The van der Waals surface area contributed by atoms with E-state index in [0.29, 0.717) is 31.1 Å². The molecule has 4 rings (SSSR count). The van der Waals surface area contributed by atoms with Crippen LogP contribution in [0.2, 0.25) is 0 Å². The van der Waals surface area contributed by atoms with Crippen LogP contribution in [-0.4, -0.2) is 38.9 Å². The molecule has 3 aromatic rings. The maximum Gasteiger partial charge on any atom is 0.243 e. The third-order valence-electron chi connectivity index (χ3n) is 5.20. The highest BCUT2D eigenvalue weighted by molar-refractivity contribution is 7.89. The molecule has 0 spiro atoms. The highest BCUT2D eigenvalue weighted by atomic mass is 32.2. The molecule has 5 heteroatoms. The van der Waals surface area contributed by atoms with Crippen molar-refractivity contribution in [2.75, 3.05) is 31.1 Å². The molecule has 0 N–H and O–H groups in total. The Morgan fingerprint density at radius 2 is 1.36 bits per heavy atom. The molecule has 1 aliphatic rings. The van der Waals surface area contributed by atoms with Gasteiger partial charge in [-0.05, 0) is 47.9 Å². The van der Waals surface area contributed by atoms with E-state index in [9.17, 15) is 8.42 Å². The molecular formula is C23H24N2O2S. The molecule has 4 nitrogen and oxygen atoms in total. The molecule has 28 heavy (non-hydrogen) atoms. The van der Waals surface area contributed by atoms with Crippen molar-refractivity contribution in [2.24, 2.45) is 0 Å². The number of piperazine rings is 1. The summed E-state index contributed by atoms with van der Waals surface area (Å²) in [4.78, 5) is 2.61. The lowest BCUT2D eigenvalue weighted by Crippen LogP contribution is -2.48. The van der Waals surface area contributed by atoms with Gasteiger partial charge in [0.2, 0.25) is 10.0 Å². The number of sulfonamides is 1. The second-order valence-electron chi connectivity index (χ2n) is 7.12. The largest absolute Gasteiger partial charge is 0.369 e. The van der Waals surface area contributed by atoms with Crippen molar-refractivity contribution in [3.63, 3.8) is 0 Å². The lowest BCUT2D eigenvalue weighted by Gasteiger charge is -2.35. The normalized spacial score (nSPS) is 15.5. The number of rotatable bonds is 4. The number of hydrogen-bond acceptors (Lipinski definition) is 3. The molecule has 0 bridgehead atoms. The average molecular weight is 393 g/mol. The van der Waals surface area contributed by atoms with E-state index in [4.69, 9.17) is 0 Å². The van der Waals surface area contributed by atoms with Crippen molar-refractivity contribution in [3.8, 4) is 11.1 Å². The minimum atomic E-state index is -3.47. The first kappa shape index (κ1) is 18.7. The van der Waals surface area contributed by atoms with Crippen LogP contribution in [0.25, 0.3) is 11.1 Å². The van der Waals surface area contributed by atoms with Crippen molar-refractivity contribution in [1.29, 1.82) is 0 Å². The van der Waals surface area contributed by atoms with Gasteiger partial charge in [0, 0.05) is 31.9 Å². The Hall–Kier alpha value is -2.63. The van der Waals surface area contributed by atoms with E-state index >= 15 is 0 Å². The van der Waals surface area contributed by atoms with Gasteiger partial charge >= 0.3 is 0 Å². The van der Waals surface area contributed by atoms with Crippen molar-refractivity contribution >= 4 is 15.7 Å². The smallest absolute Gasteiger partial charge is 0.243 e. The van der Waals surface area contributed by atoms with Crippen LogP contribution in [0.1, 0.15) is 5.56 Å². The molecule has 1 heterocycles. The molecule has 1 saturated heterocycles. The van der Waals surface area contributed by atoms with Gasteiger partial charge in [0.05, 0.1) is 4.90 Å². The molecule has 144 valence electrons. The minimum absolute atomic E-state index is 0.358. The first-order valence-electron chi connectivity index (χ1n) is 9.51. The van der Waals surface area contributed by atoms with E-state index in [-0.39, 0.29) is 0 Å². The Labute approximate surface area is 167 Å². The summed E-state index contributed by atoms with van der Waals surface area (Å²) in [6, 6.07) is 25.5. The molecule has 0 saturated carbocycles. The number of aryl methyl sites for hydroxylation is 1. The summed E-state index contributed by atoms with van der Waals surface area (Å²) in [5, 5.41) is 0. The van der Waals surface area contributed by atoms with Crippen LogP contribution in [0, 0.1) is 6.92 Å². The summed E-state index contributed by atoms with van der Waals surface area (Å²) in [7, 11) is -3.47. The molecule has 0 aliphatic carbocycles. The van der Waals surface area contributed by atoms with E-state index in [0.717, 1.165) is 16.8 Å². The van der Waals surface area contributed by atoms with Crippen molar-refractivity contribution in [2.45, 2.75) is 11.8 Å². The summed E-state index contributed by atoms with van der Waals surface area (Å²) in [5.74, 6) is 0. The fourth-order valence-corrected chi connectivity index (χ4v) is 5.03. The van der Waals surface area contributed by atoms with Gasteiger partial charge in [-0.3, -0.25) is 0 Å². The summed E-state index contributed by atoms with van der Waals surface area (Å²) >= 11 is 0. The van der Waals surface area contributed by atoms with E-state index in [1.165, 1.54) is 5.56 Å². The SMILES string of the molecule is Cc1cccc(N2CCN(S(=O)(=O)c3ccc(-c4ccccc4)cc3)CC2)c1. The first-order valence-corrected chi connectivity index (χ1v) is 11.0. The lowest BCUT2D eigenvalue weighted by atomic mass is 10.1. The third-order valence-corrected chi connectivity index (χ3v) is 7.12. The maximum atomic E-state index is 13.0. The van der Waals surface area contributed by atoms with Crippen LogP contribution in [0.15, 0.2) is 83.8 Å². The van der Waals surface area contributed by atoms with Gasteiger partial charge < -0.3 is 4.90 Å². The molecular weight excluding hydrogens is 368 g/mol. The lowest BCUT2D eigenvalue weighted by molar-refractivity contribution is 0.385. The van der Waals surface area contributed by atoms with Crippen molar-refractivity contribution < 1.29 is 8.42 Å². The zero-order valence-electron chi connectivity index (χ0n) is 16.0. The second-order valence-corrected chi connectivity index (χ2v) is 9.06. The van der Waals surface area contributed by atoms with Crippen LogP contribution in [-0.2, 0) is 10.0 Å². The number of anilines is 1. The predicted octanol–water partition coefficient (Wildman–Crippen LogP) is 4.17. The topological polar surface area (TPSA) is 40.6 Å². The summed E-state index contributed by atoms with van der Waals surface area (Å²) in [6.45, 7) is 4.46. The standard InChI is InChI=1S/C23H24N2O2S/c1-19-6-5-9-22(18-19)24-14-16-25(17-15-24)28(26,27)23-12-10-21(11-13-23)20-7-3-2-4-8-20/h2-13,18H,14-17H2,1H3. The van der Waals surface area contributed by atoms with Gasteiger partial charge in [0.25, 0.3) is 0 Å². The zero-order chi connectivity index (χ0) is 19.6. The highest BCUT2D eigenvalue weighted by Gasteiger charge is 2.28. The Morgan fingerprint density at radius 3 is 2.00 bits per heavy atom. The fourth-order valence-electron chi connectivity index (χ4n) is 3.61. The number of nitrogens with zero attached hydrogens (tertiary/aromatic N) is 2. The van der Waals surface area contributed by atoms with E-state index in [1.54, 1.807) is 16.4 Å². The van der Waals surface area contributed by atoms with Gasteiger partial charge in [0.15, 0.2) is 0 Å². The monoisotopic (exact) mass is 392 g/mol. The zero-order valence-corrected chi connectivity index (χ0v) is 16.8. The Morgan fingerprint density at radius 1 is 0.714 bits per heavy atom. The number of benzene rings is 3. The van der Waals surface area contributed by atoms with E-state index < -0.39 is 10.0 Å². The van der Waals surface area contributed by atoms with Gasteiger partial charge in [-0.1, -0.05) is 54.6 Å². The molecule has 0 aromatic heterocycles. The Bertz CT molecular complexity index is 1040. The summed E-state index contributed by atoms with van der Waals surface area (Å²) in [5.41, 5.74) is 4.47. The Kier molecular flexibility index (Phi) is 5.20. The predicted molar refractivity (Wildman–Crippen MR) is 114 cm³/mol. The third kappa shape index (κ3) is 3.81. The second kappa shape index (κ2) is 7.78. The molecule has 0 amide bonds. The van der Waals surface area contributed by atoms with Crippen LogP contribution in [0.4, 0.5) is 5.69 Å². The van der Waals surface area contributed by atoms with Gasteiger partial charge in [-0.2, -0.15) is 4.31 Å². The fraction of sp³-hybridized carbons (Fsp3) is 0.217. The van der Waals surface area contributed by atoms with Crippen LogP contribution < -0.4 is 4.90 Å². The van der Waals surface area contributed by atoms with E-state index in [2.05, 4.69) is 30.0 Å². The van der Waals surface area contributed by atoms with Gasteiger partial charge in [0.1, 0.15) is 0 Å². The molecule has 1 fully saturated rings. The van der Waals surface area contributed by atoms with Crippen LogP contribution in [0.5, 0.6) is 0 Å². The summed E-state index contributed by atoms with van der Waals surface area (Å²) < 4.78 is 27.7. The van der Waals surface area contributed by atoms with Gasteiger partial charge in [-0.25, -0.2) is 8.42 Å². The molecule has 3 aromatic carbocycles. The number of hydrogen-bond donors (Lipinski definition) is 0. The molecule has 0 unspecified atom stereocenters. The van der Waals surface area contributed by atoms with Crippen LogP contribution >= 0.6 is 0 Å². The quantitative estimate of drug-likeness (QED) is 0.669. The molecule has 0 atom stereocenters.